The Labute approximate surface area is 141 Å². The number of carboxylic acid groups (broad SMARTS) is 1. The number of thiophene rings is 1. The summed E-state index contributed by atoms with van der Waals surface area (Å²) in [6.07, 6.45) is -0.389. The predicted octanol–water partition coefficient (Wildman–Crippen LogP) is 2.77. The maximum absolute atomic E-state index is 11.8. The molecule has 1 amide bonds. The highest BCUT2D eigenvalue weighted by Gasteiger charge is 2.24. The van der Waals surface area contributed by atoms with Gasteiger partial charge in [-0.25, -0.2) is 4.79 Å². The lowest BCUT2D eigenvalue weighted by Gasteiger charge is -2.28. The molecule has 0 aliphatic heterocycles. The van der Waals surface area contributed by atoms with Gasteiger partial charge in [-0.2, -0.15) is 0 Å². The Morgan fingerprint density at radius 1 is 1.17 bits per heavy atom. The van der Waals surface area contributed by atoms with Crippen LogP contribution in [0.4, 0.5) is 4.79 Å². The Balaban J connectivity index is 2.39. The first kappa shape index (κ1) is 19.4. The minimum absolute atomic E-state index is 0.0519. The van der Waals surface area contributed by atoms with Gasteiger partial charge < -0.3 is 20.5 Å². The normalized spacial score (nSPS) is 12.0. The molecule has 0 aromatic carbocycles. The third-order valence-corrected chi connectivity index (χ3v) is 3.83. The fourth-order valence-electron chi connectivity index (χ4n) is 1.88. The summed E-state index contributed by atoms with van der Waals surface area (Å²) in [6.45, 7) is 10.5. The average Bonchev–Trinajstić information content (AvgIpc) is 2.71. The number of carboxylic acids is 1. The minimum Gasteiger partial charge on any atom is -0.481 e. The lowest BCUT2D eigenvalue weighted by molar-refractivity contribution is -0.136. The SMILES string of the molecule is CC(C)(CNCc1ccc(CC(=O)O)s1)NC(=O)OC(C)(C)C. The third-order valence-electron chi connectivity index (χ3n) is 2.75. The van der Waals surface area contributed by atoms with E-state index < -0.39 is 23.2 Å². The number of hydrogen-bond acceptors (Lipinski definition) is 5. The highest BCUT2D eigenvalue weighted by molar-refractivity contribution is 7.12. The fourth-order valence-corrected chi connectivity index (χ4v) is 2.86. The molecular weight excluding hydrogens is 316 g/mol. The summed E-state index contributed by atoms with van der Waals surface area (Å²) in [4.78, 5) is 24.4. The van der Waals surface area contributed by atoms with Gasteiger partial charge in [-0.15, -0.1) is 11.3 Å². The molecule has 3 N–H and O–H groups in total. The van der Waals surface area contributed by atoms with Crippen LogP contribution < -0.4 is 10.6 Å². The fraction of sp³-hybridized carbons (Fsp3) is 0.625. The maximum atomic E-state index is 11.8. The van der Waals surface area contributed by atoms with Crippen LogP contribution in [0.2, 0.25) is 0 Å². The monoisotopic (exact) mass is 342 g/mol. The second kappa shape index (κ2) is 7.79. The zero-order chi connectivity index (χ0) is 17.7. The van der Waals surface area contributed by atoms with Crippen molar-refractivity contribution in [2.45, 2.75) is 58.7 Å². The van der Waals surface area contributed by atoms with Crippen molar-refractivity contribution in [3.63, 3.8) is 0 Å². The Morgan fingerprint density at radius 3 is 2.35 bits per heavy atom. The standard InChI is InChI=1S/C16H26N2O4S/c1-15(2,3)22-14(21)18-16(4,5)10-17-9-12-7-6-11(23-12)8-13(19)20/h6-7,17H,8-10H2,1-5H3,(H,18,21)(H,19,20). The van der Waals surface area contributed by atoms with Crippen molar-refractivity contribution in [1.29, 1.82) is 0 Å². The molecule has 0 saturated carbocycles. The van der Waals surface area contributed by atoms with E-state index in [0.29, 0.717) is 13.1 Å². The van der Waals surface area contributed by atoms with Crippen LogP contribution in [0.25, 0.3) is 0 Å². The molecule has 0 atom stereocenters. The summed E-state index contributed by atoms with van der Waals surface area (Å²) in [5.41, 5.74) is -0.978. The smallest absolute Gasteiger partial charge is 0.408 e. The van der Waals surface area contributed by atoms with Crippen LogP contribution in [0, 0.1) is 0 Å². The van der Waals surface area contributed by atoms with Gasteiger partial charge in [0.15, 0.2) is 0 Å². The number of aliphatic carboxylic acids is 1. The zero-order valence-electron chi connectivity index (χ0n) is 14.4. The Hall–Kier alpha value is -1.60. The molecule has 0 aliphatic rings. The quantitative estimate of drug-likeness (QED) is 0.709. The van der Waals surface area contributed by atoms with Gasteiger partial charge >= 0.3 is 12.1 Å². The molecule has 130 valence electrons. The van der Waals surface area contributed by atoms with Gasteiger partial charge in [-0.3, -0.25) is 4.79 Å². The molecule has 23 heavy (non-hydrogen) atoms. The first-order valence-electron chi connectivity index (χ1n) is 7.48. The summed E-state index contributed by atoms with van der Waals surface area (Å²) in [7, 11) is 0. The number of carbonyl (C=O) groups excluding carboxylic acids is 1. The number of ether oxygens (including phenoxy) is 1. The van der Waals surface area contributed by atoms with Crippen LogP contribution in [0.5, 0.6) is 0 Å². The first-order valence-corrected chi connectivity index (χ1v) is 8.30. The molecule has 7 heteroatoms. The number of hydrogen-bond donors (Lipinski definition) is 3. The largest absolute Gasteiger partial charge is 0.481 e. The van der Waals surface area contributed by atoms with Crippen LogP contribution in [0.3, 0.4) is 0 Å². The van der Waals surface area contributed by atoms with Crippen LogP contribution in [0.15, 0.2) is 12.1 Å². The molecule has 1 aromatic heterocycles. The molecule has 0 radical (unpaired) electrons. The Kier molecular flexibility index (Phi) is 6.58. The number of rotatable bonds is 7. The molecule has 0 bridgehead atoms. The van der Waals surface area contributed by atoms with Gasteiger partial charge in [-0.05, 0) is 46.8 Å². The van der Waals surface area contributed by atoms with Crippen molar-refractivity contribution >= 4 is 23.4 Å². The van der Waals surface area contributed by atoms with Gasteiger partial charge in [0.1, 0.15) is 5.60 Å². The number of alkyl carbamates (subject to hydrolysis) is 1. The first-order chi connectivity index (χ1) is 10.5. The van der Waals surface area contributed by atoms with Crippen molar-refractivity contribution in [2.75, 3.05) is 6.54 Å². The maximum Gasteiger partial charge on any atom is 0.408 e. The van der Waals surface area contributed by atoms with E-state index in [9.17, 15) is 9.59 Å². The van der Waals surface area contributed by atoms with E-state index in [2.05, 4.69) is 10.6 Å². The molecule has 0 fully saturated rings. The number of carbonyl (C=O) groups is 2. The van der Waals surface area contributed by atoms with E-state index in [1.807, 2.05) is 46.8 Å². The molecule has 1 rings (SSSR count). The highest BCUT2D eigenvalue weighted by Crippen LogP contribution is 2.17. The van der Waals surface area contributed by atoms with Gasteiger partial charge in [-0.1, -0.05) is 0 Å². The van der Waals surface area contributed by atoms with Crippen molar-refractivity contribution in [3.8, 4) is 0 Å². The molecule has 0 saturated heterocycles. The van der Waals surface area contributed by atoms with Crippen molar-refractivity contribution in [2.24, 2.45) is 0 Å². The van der Waals surface area contributed by atoms with Gasteiger partial charge in [0.25, 0.3) is 0 Å². The van der Waals surface area contributed by atoms with E-state index in [-0.39, 0.29) is 6.42 Å². The Morgan fingerprint density at radius 2 is 1.78 bits per heavy atom. The lowest BCUT2D eigenvalue weighted by Crippen LogP contribution is -2.51. The lowest BCUT2D eigenvalue weighted by atomic mass is 10.1. The molecule has 1 aromatic rings. The molecule has 0 aliphatic carbocycles. The van der Waals surface area contributed by atoms with Gasteiger partial charge in [0, 0.05) is 22.8 Å². The summed E-state index contributed by atoms with van der Waals surface area (Å²) in [5, 5.41) is 14.9. The zero-order valence-corrected chi connectivity index (χ0v) is 15.2. The van der Waals surface area contributed by atoms with E-state index in [1.54, 1.807) is 0 Å². The molecule has 0 unspecified atom stereocenters. The van der Waals surface area contributed by atoms with E-state index in [4.69, 9.17) is 9.84 Å². The summed E-state index contributed by atoms with van der Waals surface area (Å²) < 4.78 is 5.25. The topological polar surface area (TPSA) is 87.7 Å². The molecule has 0 spiro atoms. The highest BCUT2D eigenvalue weighted by atomic mass is 32.1. The molecular formula is C16H26N2O4S. The van der Waals surface area contributed by atoms with Crippen molar-refractivity contribution < 1.29 is 19.4 Å². The third kappa shape index (κ3) is 8.56. The number of amides is 1. The van der Waals surface area contributed by atoms with Crippen molar-refractivity contribution in [1.82, 2.24) is 10.6 Å². The van der Waals surface area contributed by atoms with E-state index >= 15 is 0 Å². The molecule has 1 heterocycles. The van der Waals surface area contributed by atoms with E-state index in [1.165, 1.54) is 11.3 Å². The van der Waals surface area contributed by atoms with Gasteiger partial charge in [0.2, 0.25) is 0 Å². The summed E-state index contributed by atoms with van der Waals surface area (Å²) in [6, 6.07) is 3.75. The second-order valence-electron chi connectivity index (χ2n) is 7.05. The average molecular weight is 342 g/mol. The van der Waals surface area contributed by atoms with Crippen LogP contribution in [-0.4, -0.2) is 34.9 Å². The minimum atomic E-state index is -0.825. The Bertz CT molecular complexity index is 547. The van der Waals surface area contributed by atoms with E-state index in [0.717, 1.165) is 9.75 Å². The van der Waals surface area contributed by atoms with Gasteiger partial charge in [0.05, 0.1) is 12.0 Å². The molecule has 6 nitrogen and oxygen atoms in total. The second-order valence-corrected chi connectivity index (χ2v) is 8.31. The number of nitrogens with one attached hydrogen (secondary N) is 2. The predicted molar refractivity (Wildman–Crippen MR) is 90.8 cm³/mol. The van der Waals surface area contributed by atoms with Crippen molar-refractivity contribution in [3.05, 3.63) is 21.9 Å². The van der Waals surface area contributed by atoms with Crippen LogP contribution >= 0.6 is 11.3 Å². The summed E-state index contributed by atoms with van der Waals surface area (Å²) in [5.74, 6) is -0.825. The van der Waals surface area contributed by atoms with Crippen LogP contribution in [-0.2, 0) is 22.5 Å². The van der Waals surface area contributed by atoms with Crippen LogP contribution in [0.1, 0.15) is 44.4 Å². The summed E-state index contributed by atoms with van der Waals surface area (Å²) >= 11 is 1.48.